The van der Waals surface area contributed by atoms with Gasteiger partial charge in [0.2, 0.25) is 5.91 Å². The number of nitrogens with zero attached hydrogens (tertiary/aromatic N) is 1. The topological polar surface area (TPSA) is 68.0 Å². The molecule has 2 rings (SSSR count). The molecule has 0 unspecified atom stereocenters. The van der Waals surface area contributed by atoms with E-state index < -0.39 is 5.91 Å². The van der Waals surface area contributed by atoms with Gasteiger partial charge >= 0.3 is 0 Å². The predicted molar refractivity (Wildman–Crippen MR) is 74.6 cm³/mol. The number of hydrogen-bond acceptors (Lipinski definition) is 3. The van der Waals surface area contributed by atoms with Crippen LogP contribution in [0.4, 0.5) is 4.39 Å². The summed E-state index contributed by atoms with van der Waals surface area (Å²) < 4.78 is 13.6. The molecule has 0 fully saturated rings. The van der Waals surface area contributed by atoms with Gasteiger partial charge < -0.3 is 11.1 Å². The molecule has 1 amide bonds. The molecule has 0 spiro atoms. The van der Waals surface area contributed by atoms with Crippen molar-refractivity contribution in [3.8, 4) is 0 Å². The van der Waals surface area contributed by atoms with E-state index in [1.54, 1.807) is 12.4 Å². The van der Waals surface area contributed by atoms with Gasteiger partial charge in [0.25, 0.3) is 0 Å². The Morgan fingerprint density at radius 3 is 2.70 bits per heavy atom. The van der Waals surface area contributed by atoms with Gasteiger partial charge in [-0.15, -0.1) is 0 Å². The van der Waals surface area contributed by atoms with Gasteiger partial charge in [0.1, 0.15) is 5.82 Å². The van der Waals surface area contributed by atoms with Crippen LogP contribution in [0.15, 0.2) is 42.7 Å². The molecule has 5 heteroatoms. The van der Waals surface area contributed by atoms with Crippen LogP contribution in [0, 0.1) is 5.82 Å². The molecule has 0 aliphatic carbocycles. The first kappa shape index (κ1) is 14.1. The number of aromatic nitrogens is 1. The predicted octanol–water partition coefficient (Wildman–Crippen LogP) is 1.65. The van der Waals surface area contributed by atoms with Crippen molar-refractivity contribution in [2.75, 3.05) is 6.54 Å². The Kier molecular flexibility index (Phi) is 4.79. The first-order valence-electron chi connectivity index (χ1n) is 6.34. The van der Waals surface area contributed by atoms with Crippen LogP contribution in [0.25, 0.3) is 0 Å². The van der Waals surface area contributed by atoms with Crippen LogP contribution in [-0.2, 0) is 13.0 Å². The molecule has 0 saturated heterocycles. The van der Waals surface area contributed by atoms with Gasteiger partial charge in [0, 0.05) is 30.1 Å². The largest absolute Gasteiger partial charge is 0.366 e. The molecular weight excluding hydrogens is 257 g/mol. The van der Waals surface area contributed by atoms with Crippen LogP contribution in [0.1, 0.15) is 21.5 Å². The van der Waals surface area contributed by atoms with E-state index in [9.17, 15) is 9.18 Å². The molecule has 0 atom stereocenters. The minimum absolute atomic E-state index is 0.317. The molecule has 0 saturated carbocycles. The molecule has 2 aromatic rings. The van der Waals surface area contributed by atoms with Gasteiger partial charge in [0.05, 0.1) is 0 Å². The van der Waals surface area contributed by atoms with Gasteiger partial charge in [0.15, 0.2) is 0 Å². The van der Waals surface area contributed by atoms with Crippen LogP contribution in [0.2, 0.25) is 0 Å². The van der Waals surface area contributed by atoms with Crippen molar-refractivity contribution in [3.05, 3.63) is 65.2 Å². The van der Waals surface area contributed by atoms with Gasteiger partial charge in [-0.25, -0.2) is 4.39 Å². The van der Waals surface area contributed by atoms with Crippen LogP contribution < -0.4 is 11.1 Å². The number of rotatable bonds is 6. The highest BCUT2D eigenvalue weighted by Gasteiger charge is 2.06. The Balaban J connectivity index is 1.88. The molecule has 3 N–H and O–H groups in total. The molecule has 20 heavy (non-hydrogen) atoms. The van der Waals surface area contributed by atoms with E-state index in [1.165, 1.54) is 23.8 Å². The first-order chi connectivity index (χ1) is 9.66. The van der Waals surface area contributed by atoms with E-state index in [2.05, 4.69) is 10.3 Å². The zero-order valence-corrected chi connectivity index (χ0v) is 11.0. The van der Waals surface area contributed by atoms with E-state index in [0.29, 0.717) is 24.2 Å². The zero-order valence-electron chi connectivity index (χ0n) is 11.0. The summed E-state index contributed by atoms with van der Waals surface area (Å²) in [5.41, 5.74) is 7.10. The fourth-order valence-electron chi connectivity index (χ4n) is 1.87. The van der Waals surface area contributed by atoms with Crippen molar-refractivity contribution in [3.63, 3.8) is 0 Å². The minimum atomic E-state index is -0.553. The lowest BCUT2D eigenvalue weighted by Gasteiger charge is -2.07. The maximum absolute atomic E-state index is 13.6. The lowest BCUT2D eigenvalue weighted by atomic mass is 10.1. The van der Waals surface area contributed by atoms with Crippen LogP contribution in [0.3, 0.4) is 0 Å². The molecule has 1 aromatic carbocycles. The molecule has 1 heterocycles. The highest BCUT2D eigenvalue weighted by Crippen LogP contribution is 2.10. The minimum Gasteiger partial charge on any atom is -0.366 e. The van der Waals surface area contributed by atoms with Crippen molar-refractivity contribution in [2.24, 2.45) is 5.73 Å². The van der Waals surface area contributed by atoms with Crippen molar-refractivity contribution in [1.29, 1.82) is 0 Å². The second-order valence-corrected chi connectivity index (χ2v) is 4.45. The summed E-state index contributed by atoms with van der Waals surface area (Å²) in [6, 6.07) is 8.02. The number of primary amides is 1. The first-order valence-corrected chi connectivity index (χ1v) is 6.34. The molecule has 104 valence electrons. The lowest BCUT2D eigenvalue weighted by molar-refractivity contribution is 0.1000. The molecular formula is C15H16FN3O. The van der Waals surface area contributed by atoms with Crippen molar-refractivity contribution < 1.29 is 9.18 Å². The third-order valence-electron chi connectivity index (χ3n) is 2.99. The van der Waals surface area contributed by atoms with Crippen LogP contribution >= 0.6 is 0 Å². The molecule has 0 aliphatic heterocycles. The summed E-state index contributed by atoms with van der Waals surface area (Å²) in [6.45, 7) is 1.07. The fourth-order valence-corrected chi connectivity index (χ4v) is 1.87. The van der Waals surface area contributed by atoms with E-state index in [4.69, 9.17) is 5.73 Å². The maximum atomic E-state index is 13.6. The fraction of sp³-hybridized carbons (Fsp3) is 0.200. The third-order valence-corrected chi connectivity index (χ3v) is 2.99. The average molecular weight is 273 g/mol. The number of amides is 1. The van der Waals surface area contributed by atoms with Crippen molar-refractivity contribution in [2.45, 2.75) is 13.0 Å². The summed E-state index contributed by atoms with van der Waals surface area (Å²) in [4.78, 5) is 15.0. The molecule has 0 aliphatic rings. The van der Waals surface area contributed by atoms with Gasteiger partial charge in [-0.05, 0) is 48.9 Å². The molecule has 4 nitrogen and oxygen atoms in total. The van der Waals surface area contributed by atoms with E-state index in [-0.39, 0.29) is 5.82 Å². The van der Waals surface area contributed by atoms with Crippen molar-refractivity contribution in [1.82, 2.24) is 10.3 Å². The normalized spacial score (nSPS) is 10.4. The summed E-state index contributed by atoms with van der Waals surface area (Å²) in [6.07, 6.45) is 4.32. The van der Waals surface area contributed by atoms with Gasteiger partial charge in [-0.2, -0.15) is 0 Å². The standard InChI is InChI=1S/C15H16FN3O/c16-14-2-1-12(15(17)20)9-13(14)10-19-8-5-11-3-6-18-7-4-11/h1-4,6-7,9,19H,5,8,10H2,(H2,17,20). The monoisotopic (exact) mass is 273 g/mol. The van der Waals surface area contributed by atoms with Crippen LogP contribution in [0.5, 0.6) is 0 Å². The average Bonchev–Trinajstić information content (AvgIpc) is 2.46. The molecule has 0 bridgehead atoms. The number of carbonyl (C=O) groups excluding carboxylic acids is 1. The Bertz CT molecular complexity index is 587. The Morgan fingerprint density at radius 1 is 1.25 bits per heavy atom. The number of pyridine rings is 1. The van der Waals surface area contributed by atoms with E-state index in [1.807, 2.05) is 12.1 Å². The Morgan fingerprint density at radius 2 is 2.00 bits per heavy atom. The highest BCUT2D eigenvalue weighted by molar-refractivity contribution is 5.92. The third kappa shape index (κ3) is 3.86. The number of benzene rings is 1. The number of halogens is 1. The summed E-state index contributed by atoms with van der Waals surface area (Å²) in [7, 11) is 0. The summed E-state index contributed by atoms with van der Waals surface area (Å²) >= 11 is 0. The highest BCUT2D eigenvalue weighted by atomic mass is 19.1. The number of hydrogen-bond donors (Lipinski definition) is 2. The SMILES string of the molecule is NC(=O)c1ccc(F)c(CNCCc2ccncc2)c1. The van der Waals surface area contributed by atoms with Gasteiger partial charge in [-0.1, -0.05) is 0 Å². The summed E-state index contributed by atoms with van der Waals surface area (Å²) in [5.74, 6) is -0.894. The number of nitrogens with one attached hydrogen (secondary N) is 1. The lowest BCUT2D eigenvalue weighted by Crippen LogP contribution is -2.18. The number of nitrogens with two attached hydrogens (primary N) is 1. The van der Waals surface area contributed by atoms with Gasteiger partial charge in [-0.3, -0.25) is 9.78 Å². The quantitative estimate of drug-likeness (QED) is 0.786. The zero-order chi connectivity index (χ0) is 14.4. The molecule has 1 aromatic heterocycles. The number of carbonyl (C=O) groups is 1. The second kappa shape index (κ2) is 6.77. The molecule has 0 radical (unpaired) electrons. The second-order valence-electron chi connectivity index (χ2n) is 4.45. The van der Waals surface area contributed by atoms with E-state index in [0.717, 1.165) is 6.42 Å². The Hall–Kier alpha value is -2.27. The van der Waals surface area contributed by atoms with Crippen molar-refractivity contribution >= 4 is 5.91 Å². The van der Waals surface area contributed by atoms with Crippen LogP contribution in [-0.4, -0.2) is 17.4 Å². The van der Waals surface area contributed by atoms with E-state index >= 15 is 0 Å². The maximum Gasteiger partial charge on any atom is 0.248 e. The smallest absolute Gasteiger partial charge is 0.248 e. The Labute approximate surface area is 116 Å². The summed E-state index contributed by atoms with van der Waals surface area (Å²) in [5, 5.41) is 3.14.